The first-order valence-electron chi connectivity index (χ1n) is 8.16. The third-order valence-electron chi connectivity index (χ3n) is 3.16. The van der Waals surface area contributed by atoms with Gasteiger partial charge < -0.3 is 4.74 Å². The summed E-state index contributed by atoms with van der Waals surface area (Å²) in [6, 6.07) is 5.21. The minimum Gasteiger partial charge on any atom is -0.493 e. The number of thiocarbonyl (C=S) groups is 1. The number of amides is 2. The maximum absolute atomic E-state index is 12.4. The molecule has 0 bridgehead atoms. The van der Waals surface area contributed by atoms with Crippen molar-refractivity contribution in [2.24, 2.45) is 5.92 Å². The average Bonchev–Trinajstić information content (AvgIpc) is 2.54. The van der Waals surface area contributed by atoms with Gasteiger partial charge in [-0.05, 0) is 49.2 Å². The van der Waals surface area contributed by atoms with Crippen LogP contribution in [0, 0.1) is 5.92 Å². The van der Waals surface area contributed by atoms with E-state index in [2.05, 4.69) is 45.9 Å². The van der Waals surface area contributed by atoms with Crippen LogP contribution in [0.25, 0.3) is 0 Å². The fourth-order valence-corrected chi connectivity index (χ4v) is 2.33. The fraction of sp³-hybridized carbons (Fsp3) is 0.471. The number of carbonyl (C=O) groups is 2. The van der Waals surface area contributed by atoms with Gasteiger partial charge in [0.1, 0.15) is 5.75 Å². The van der Waals surface area contributed by atoms with Crippen LogP contribution in [0.2, 0.25) is 0 Å². The van der Waals surface area contributed by atoms with Crippen LogP contribution in [0.4, 0.5) is 0 Å². The summed E-state index contributed by atoms with van der Waals surface area (Å²) in [5.41, 5.74) is 5.30. The van der Waals surface area contributed by atoms with Crippen molar-refractivity contribution in [1.29, 1.82) is 0 Å². The van der Waals surface area contributed by atoms with Crippen LogP contribution in [0.1, 0.15) is 50.4 Å². The summed E-state index contributed by atoms with van der Waals surface area (Å²) in [5, 5.41) is 2.54. The third kappa shape index (κ3) is 8.31. The lowest BCUT2D eigenvalue weighted by Gasteiger charge is -2.14. The van der Waals surface area contributed by atoms with E-state index in [1.165, 1.54) is 0 Å². The van der Waals surface area contributed by atoms with Crippen LogP contribution < -0.4 is 20.9 Å². The molecule has 1 aromatic carbocycles. The third-order valence-corrected chi connectivity index (χ3v) is 3.86. The molecule has 25 heavy (non-hydrogen) atoms. The number of hydrogen-bond donors (Lipinski definition) is 3. The van der Waals surface area contributed by atoms with Gasteiger partial charge in [-0.2, -0.15) is 0 Å². The Morgan fingerprint density at radius 3 is 2.64 bits per heavy atom. The number of hydrogen-bond acceptors (Lipinski definition) is 4. The first-order chi connectivity index (χ1) is 11.8. The molecule has 1 rings (SSSR count). The van der Waals surface area contributed by atoms with Crippen molar-refractivity contribution in [3.8, 4) is 5.75 Å². The summed E-state index contributed by atoms with van der Waals surface area (Å²) in [6.07, 6.45) is 1.99. The molecule has 2 amide bonds. The second-order valence-electron chi connectivity index (χ2n) is 5.88. The number of halogens is 1. The van der Waals surface area contributed by atoms with E-state index in [-0.39, 0.29) is 11.0 Å². The molecule has 0 saturated heterocycles. The summed E-state index contributed by atoms with van der Waals surface area (Å²) in [4.78, 5) is 23.8. The summed E-state index contributed by atoms with van der Waals surface area (Å²) in [5.74, 6) is 0.387. The Morgan fingerprint density at radius 1 is 1.28 bits per heavy atom. The van der Waals surface area contributed by atoms with Crippen molar-refractivity contribution in [2.75, 3.05) is 6.61 Å². The number of ether oxygens (including phenoxy) is 1. The standard InChI is InChI=1S/C17H24BrN3O3S/c1-4-5-15(22)20-21-17(25)19-16(23)13-10-12(18)6-7-14(13)24-9-8-11(2)3/h6-7,10-11H,4-5,8-9H2,1-3H3,(H,20,22)(H2,19,21,23,25). The monoisotopic (exact) mass is 429 g/mol. The Morgan fingerprint density at radius 2 is 2.00 bits per heavy atom. The lowest BCUT2D eigenvalue weighted by Crippen LogP contribution is -2.48. The minimum atomic E-state index is -0.414. The molecule has 0 atom stereocenters. The topological polar surface area (TPSA) is 79.5 Å². The van der Waals surface area contributed by atoms with Gasteiger partial charge in [0.05, 0.1) is 12.2 Å². The van der Waals surface area contributed by atoms with Crippen molar-refractivity contribution >= 4 is 45.1 Å². The lowest BCUT2D eigenvalue weighted by atomic mass is 10.1. The van der Waals surface area contributed by atoms with E-state index in [0.29, 0.717) is 30.3 Å². The van der Waals surface area contributed by atoms with Crippen molar-refractivity contribution in [3.05, 3.63) is 28.2 Å². The van der Waals surface area contributed by atoms with Gasteiger partial charge in [0.2, 0.25) is 5.91 Å². The molecule has 0 radical (unpaired) electrons. The predicted molar refractivity (Wildman–Crippen MR) is 105 cm³/mol. The van der Waals surface area contributed by atoms with Gasteiger partial charge in [-0.3, -0.25) is 25.8 Å². The SMILES string of the molecule is CCCC(=O)NNC(=S)NC(=O)c1cc(Br)ccc1OCCC(C)C. The smallest absolute Gasteiger partial charge is 0.261 e. The highest BCUT2D eigenvalue weighted by molar-refractivity contribution is 9.10. The predicted octanol–water partition coefficient (Wildman–Crippen LogP) is 3.31. The van der Waals surface area contributed by atoms with Crippen LogP contribution in [0.15, 0.2) is 22.7 Å². The molecule has 0 aliphatic carbocycles. The van der Waals surface area contributed by atoms with Gasteiger partial charge >= 0.3 is 0 Å². The van der Waals surface area contributed by atoms with Crippen LogP contribution in [-0.2, 0) is 4.79 Å². The molecule has 0 heterocycles. The average molecular weight is 430 g/mol. The Kier molecular flexibility index (Phi) is 9.44. The number of benzene rings is 1. The maximum Gasteiger partial charge on any atom is 0.261 e. The van der Waals surface area contributed by atoms with Crippen LogP contribution in [-0.4, -0.2) is 23.5 Å². The summed E-state index contributed by atoms with van der Waals surface area (Å²) in [7, 11) is 0. The van der Waals surface area contributed by atoms with E-state index in [4.69, 9.17) is 17.0 Å². The Bertz CT molecular complexity index is 623. The summed E-state index contributed by atoms with van der Waals surface area (Å²) < 4.78 is 6.47. The molecule has 1 aromatic rings. The highest BCUT2D eigenvalue weighted by Gasteiger charge is 2.15. The Labute approximate surface area is 162 Å². The second-order valence-corrected chi connectivity index (χ2v) is 7.20. The zero-order valence-corrected chi connectivity index (χ0v) is 17.1. The van der Waals surface area contributed by atoms with E-state index in [9.17, 15) is 9.59 Å². The molecular formula is C17H24BrN3O3S. The quantitative estimate of drug-likeness (QED) is 0.457. The summed E-state index contributed by atoms with van der Waals surface area (Å²) >= 11 is 8.37. The molecule has 0 unspecified atom stereocenters. The Balaban J connectivity index is 2.68. The molecule has 0 saturated carbocycles. The fourth-order valence-electron chi connectivity index (χ4n) is 1.83. The zero-order chi connectivity index (χ0) is 18.8. The van der Waals surface area contributed by atoms with Crippen LogP contribution >= 0.6 is 28.1 Å². The van der Waals surface area contributed by atoms with E-state index in [0.717, 1.165) is 17.3 Å². The van der Waals surface area contributed by atoms with Crippen LogP contribution in [0.3, 0.4) is 0 Å². The van der Waals surface area contributed by atoms with E-state index >= 15 is 0 Å². The van der Waals surface area contributed by atoms with Gasteiger partial charge in [-0.1, -0.05) is 36.7 Å². The Hall–Kier alpha value is -1.67. The van der Waals surface area contributed by atoms with E-state index in [1.807, 2.05) is 13.0 Å². The van der Waals surface area contributed by atoms with Gasteiger partial charge in [0.15, 0.2) is 5.11 Å². The normalized spacial score (nSPS) is 10.3. The number of carbonyl (C=O) groups excluding carboxylic acids is 2. The molecular weight excluding hydrogens is 406 g/mol. The largest absolute Gasteiger partial charge is 0.493 e. The minimum absolute atomic E-state index is 0.0163. The van der Waals surface area contributed by atoms with E-state index in [1.54, 1.807) is 12.1 Å². The van der Waals surface area contributed by atoms with Crippen molar-refractivity contribution in [1.82, 2.24) is 16.2 Å². The zero-order valence-electron chi connectivity index (χ0n) is 14.6. The lowest BCUT2D eigenvalue weighted by molar-refractivity contribution is -0.121. The van der Waals surface area contributed by atoms with Gasteiger partial charge in [0.25, 0.3) is 5.91 Å². The van der Waals surface area contributed by atoms with Gasteiger partial charge in [-0.15, -0.1) is 0 Å². The van der Waals surface area contributed by atoms with Gasteiger partial charge in [0, 0.05) is 10.9 Å². The van der Waals surface area contributed by atoms with Gasteiger partial charge in [-0.25, -0.2) is 0 Å². The molecule has 6 nitrogen and oxygen atoms in total. The number of hydrazine groups is 1. The molecule has 0 aliphatic rings. The van der Waals surface area contributed by atoms with Crippen molar-refractivity contribution in [2.45, 2.75) is 40.0 Å². The van der Waals surface area contributed by atoms with Crippen molar-refractivity contribution in [3.63, 3.8) is 0 Å². The summed E-state index contributed by atoms with van der Waals surface area (Å²) in [6.45, 7) is 6.63. The first kappa shape index (κ1) is 21.4. The van der Waals surface area contributed by atoms with E-state index < -0.39 is 5.91 Å². The highest BCUT2D eigenvalue weighted by Crippen LogP contribution is 2.23. The van der Waals surface area contributed by atoms with Crippen molar-refractivity contribution < 1.29 is 14.3 Å². The molecule has 0 spiro atoms. The highest BCUT2D eigenvalue weighted by atomic mass is 79.9. The number of nitrogens with one attached hydrogen (secondary N) is 3. The second kappa shape index (κ2) is 11.0. The first-order valence-corrected chi connectivity index (χ1v) is 9.36. The molecule has 3 N–H and O–H groups in total. The molecule has 8 heteroatoms. The van der Waals surface area contributed by atoms with Crippen LogP contribution in [0.5, 0.6) is 5.75 Å². The molecule has 0 fully saturated rings. The number of rotatable bonds is 7. The molecule has 138 valence electrons. The molecule has 0 aromatic heterocycles. The maximum atomic E-state index is 12.4. The molecule has 0 aliphatic heterocycles.